The molecule has 0 aromatic heterocycles. The molecule has 2 aromatic rings. The molecule has 1 heterocycles. The van der Waals surface area contributed by atoms with Gasteiger partial charge in [-0.25, -0.2) is 9.59 Å². The minimum Gasteiger partial charge on any atom is -0.465 e. The van der Waals surface area contributed by atoms with Crippen molar-refractivity contribution in [2.45, 2.75) is 13.8 Å². The summed E-state index contributed by atoms with van der Waals surface area (Å²) in [6.07, 6.45) is 0. The van der Waals surface area contributed by atoms with Crippen LogP contribution >= 0.6 is 12.2 Å². The maximum Gasteiger partial charge on any atom is 0.339 e. The van der Waals surface area contributed by atoms with E-state index in [0.29, 0.717) is 21.9 Å². The van der Waals surface area contributed by atoms with Crippen molar-refractivity contribution in [3.8, 4) is 0 Å². The lowest BCUT2D eigenvalue weighted by Crippen LogP contribution is -2.50. The maximum atomic E-state index is 12.2. The summed E-state index contributed by atoms with van der Waals surface area (Å²) >= 11 is 5.61. The Balaban J connectivity index is 1.72. The Hall–Kier alpha value is -3.13. The first-order valence-corrected chi connectivity index (χ1v) is 10.4. The number of esters is 2. The van der Waals surface area contributed by atoms with Crippen LogP contribution in [0.3, 0.4) is 0 Å². The monoisotopic (exact) mass is 441 g/mol. The Labute approximate surface area is 187 Å². The van der Waals surface area contributed by atoms with Gasteiger partial charge < -0.3 is 24.6 Å². The maximum absolute atomic E-state index is 12.2. The van der Waals surface area contributed by atoms with Gasteiger partial charge in [0.2, 0.25) is 0 Å². The highest BCUT2D eigenvalue weighted by Crippen LogP contribution is 2.24. The second-order valence-electron chi connectivity index (χ2n) is 7.44. The molecule has 0 bridgehead atoms. The molecule has 7 nitrogen and oxygen atoms in total. The van der Waals surface area contributed by atoms with Gasteiger partial charge in [0.05, 0.1) is 31.0 Å². The first-order valence-electron chi connectivity index (χ1n) is 10.0. The summed E-state index contributed by atoms with van der Waals surface area (Å²) in [4.78, 5) is 28.5. The van der Waals surface area contributed by atoms with Crippen LogP contribution in [0.5, 0.6) is 0 Å². The summed E-state index contributed by atoms with van der Waals surface area (Å²) in [5.41, 5.74) is 4.77. The molecule has 2 aromatic carbocycles. The third kappa shape index (κ3) is 5.14. The smallest absolute Gasteiger partial charge is 0.339 e. The van der Waals surface area contributed by atoms with Crippen LogP contribution in [0.2, 0.25) is 0 Å². The number of benzene rings is 2. The van der Waals surface area contributed by atoms with Crippen LogP contribution in [0.15, 0.2) is 36.4 Å². The first-order chi connectivity index (χ1) is 14.8. The van der Waals surface area contributed by atoms with E-state index < -0.39 is 11.9 Å². The van der Waals surface area contributed by atoms with Crippen molar-refractivity contribution in [2.75, 3.05) is 50.6 Å². The number of nitrogens with one attached hydrogen (secondary N) is 1. The predicted octanol–water partition coefficient (Wildman–Crippen LogP) is 3.40. The summed E-state index contributed by atoms with van der Waals surface area (Å²) in [5, 5.41) is 3.61. The van der Waals surface area contributed by atoms with E-state index >= 15 is 0 Å². The second-order valence-corrected chi connectivity index (χ2v) is 7.82. The molecule has 0 aliphatic carbocycles. The Morgan fingerprint density at radius 1 is 0.935 bits per heavy atom. The molecule has 0 atom stereocenters. The van der Waals surface area contributed by atoms with Crippen LogP contribution in [-0.4, -0.2) is 62.3 Å². The molecule has 31 heavy (non-hydrogen) atoms. The van der Waals surface area contributed by atoms with Crippen molar-refractivity contribution >= 4 is 40.6 Å². The summed E-state index contributed by atoms with van der Waals surface area (Å²) in [5.74, 6) is -1.01. The zero-order valence-corrected chi connectivity index (χ0v) is 19.0. The fourth-order valence-corrected chi connectivity index (χ4v) is 3.88. The molecule has 0 radical (unpaired) electrons. The van der Waals surface area contributed by atoms with E-state index in [1.54, 1.807) is 6.07 Å². The van der Waals surface area contributed by atoms with Gasteiger partial charge in [0, 0.05) is 31.9 Å². The molecule has 0 spiro atoms. The van der Waals surface area contributed by atoms with Gasteiger partial charge in [0.25, 0.3) is 0 Å². The average molecular weight is 442 g/mol. The minimum absolute atomic E-state index is 0.298. The normalized spacial score (nSPS) is 13.5. The van der Waals surface area contributed by atoms with Gasteiger partial charge in [-0.3, -0.25) is 0 Å². The summed E-state index contributed by atoms with van der Waals surface area (Å²) < 4.78 is 9.64. The van der Waals surface area contributed by atoms with Gasteiger partial charge in [0.1, 0.15) is 0 Å². The number of aryl methyl sites for hydroxylation is 2. The first kappa shape index (κ1) is 22.6. The van der Waals surface area contributed by atoms with E-state index in [9.17, 15) is 9.59 Å². The van der Waals surface area contributed by atoms with Gasteiger partial charge in [0.15, 0.2) is 5.11 Å². The number of piperazine rings is 1. The number of rotatable bonds is 4. The number of methoxy groups -OCH3 is 2. The van der Waals surface area contributed by atoms with Crippen molar-refractivity contribution in [1.29, 1.82) is 0 Å². The molecule has 8 heteroatoms. The quantitative estimate of drug-likeness (QED) is 0.572. The second kappa shape index (κ2) is 9.78. The molecule has 1 fully saturated rings. The molecule has 1 aliphatic rings. The van der Waals surface area contributed by atoms with Gasteiger partial charge in [-0.05, 0) is 61.5 Å². The number of thiocarbonyl (C=S) groups is 1. The number of ether oxygens (including phenoxy) is 2. The van der Waals surface area contributed by atoms with Crippen molar-refractivity contribution in [3.05, 3.63) is 58.7 Å². The third-order valence-electron chi connectivity index (χ3n) is 5.36. The Morgan fingerprint density at radius 2 is 1.61 bits per heavy atom. The predicted molar refractivity (Wildman–Crippen MR) is 125 cm³/mol. The summed E-state index contributed by atoms with van der Waals surface area (Å²) in [6, 6.07) is 11.1. The number of anilines is 2. The molecular formula is C23H27N3O4S. The molecule has 0 saturated carbocycles. The van der Waals surface area contributed by atoms with E-state index in [2.05, 4.69) is 47.2 Å². The molecule has 0 amide bonds. The van der Waals surface area contributed by atoms with E-state index in [-0.39, 0.29) is 0 Å². The largest absolute Gasteiger partial charge is 0.465 e. The van der Waals surface area contributed by atoms with Crippen LogP contribution in [0.1, 0.15) is 31.8 Å². The number of nitrogens with zero attached hydrogens (tertiary/aromatic N) is 2. The number of hydrogen-bond donors (Lipinski definition) is 1. The summed E-state index contributed by atoms with van der Waals surface area (Å²) in [7, 11) is 2.62. The molecule has 1 saturated heterocycles. The molecule has 164 valence electrons. The molecule has 1 N–H and O–H groups in total. The minimum atomic E-state index is -0.513. The van der Waals surface area contributed by atoms with Crippen molar-refractivity contribution in [3.63, 3.8) is 0 Å². The lowest BCUT2D eigenvalue weighted by Gasteiger charge is -2.38. The highest BCUT2D eigenvalue weighted by Gasteiger charge is 2.22. The van der Waals surface area contributed by atoms with Crippen molar-refractivity contribution in [2.24, 2.45) is 0 Å². The van der Waals surface area contributed by atoms with E-state index in [0.717, 1.165) is 26.2 Å². The van der Waals surface area contributed by atoms with Crippen molar-refractivity contribution in [1.82, 2.24) is 4.90 Å². The average Bonchev–Trinajstić information content (AvgIpc) is 2.79. The summed E-state index contributed by atoms with van der Waals surface area (Å²) in [6.45, 7) is 7.36. The van der Waals surface area contributed by atoms with Crippen molar-refractivity contribution < 1.29 is 19.1 Å². The molecule has 3 rings (SSSR count). The number of carbonyl (C=O) groups excluding carboxylic acids is 2. The van der Waals surface area contributed by atoms with Crippen LogP contribution in [-0.2, 0) is 9.47 Å². The fraction of sp³-hybridized carbons (Fsp3) is 0.348. The standard InChI is InChI=1S/C23H27N3O4S/c1-15-5-6-16(2)20(13-15)25-9-11-26(12-10-25)23(31)24-19-14-17(21(27)29-3)7-8-18(19)22(28)30-4/h5-8,13-14H,9-12H2,1-4H3,(H,24,31). The Morgan fingerprint density at radius 3 is 2.26 bits per heavy atom. The molecule has 1 aliphatic heterocycles. The van der Waals surface area contributed by atoms with Gasteiger partial charge in [-0.2, -0.15) is 0 Å². The molecular weight excluding hydrogens is 414 g/mol. The SMILES string of the molecule is COC(=O)c1ccc(C(=O)OC)c(NC(=S)N2CCN(c3cc(C)ccc3C)CC2)c1. The lowest BCUT2D eigenvalue weighted by molar-refractivity contribution is 0.0587. The highest BCUT2D eigenvalue weighted by atomic mass is 32.1. The van der Waals surface area contributed by atoms with E-state index in [4.69, 9.17) is 21.7 Å². The van der Waals surface area contributed by atoms with Crippen LogP contribution < -0.4 is 10.2 Å². The number of carbonyl (C=O) groups is 2. The van der Waals surface area contributed by atoms with Gasteiger partial charge in [-0.1, -0.05) is 12.1 Å². The third-order valence-corrected chi connectivity index (χ3v) is 5.72. The zero-order valence-electron chi connectivity index (χ0n) is 18.2. The van der Waals surface area contributed by atoms with Crippen LogP contribution in [0, 0.1) is 13.8 Å². The van der Waals surface area contributed by atoms with E-state index in [1.807, 2.05) is 0 Å². The van der Waals surface area contributed by atoms with Gasteiger partial charge in [-0.15, -0.1) is 0 Å². The lowest BCUT2D eigenvalue weighted by atomic mass is 10.1. The van der Waals surface area contributed by atoms with Gasteiger partial charge >= 0.3 is 11.9 Å². The molecule has 0 unspecified atom stereocenters. The Kier molecular flexibility index (Phi) is 7.12. The zero-order chi connectivity index (χ0) is 22.5. The highest BCUT2D eigenvalue weighted by molar-refractivity contribution is 7.80. The van der Waals surface area contributed by atoms with E-state index in [1.165, 1.54) is 43.2 Å². The van der Waals surface area contributed by atoms with Crippen LogP contribution in [0.25, 0.3) is 0 Å². The number of hydrogen-bond acceptors (Lipinski definition) is 6. The fourth-order valence-electron chi connectivity index (χ4n) is 3.59. The Bertz CT molecular complexity index is 1000. The van der Waals surface area contributed by atoms with Crippen LogP contribution in [0.4, 0.5) is 11.4 Å². The topological polar surface area (TPSA) is 71.1 Å².